The summed E-state index contributed by atoms with van der Waals surface area (Å²) in [6.45, 7) is 0. The number of alkyl halides is 3. The van der Waals surface area contributed by atoms with E-state index in [9.17, 15) is 9.59 Å². The zero-order valence-electron chi connectivity index (χ0n) is 13.9. The summed E-state index contributed by atoms with van der Waals surface area (Å²) in [6, 6.07) is 12.2. The van der Waals surface area contributed by atoms with Gasteiger partial charge in [-0.2, -0.15) is 0 Å². The maximum Gasteiger partial charge on any atom is 0.335 e. The molecule has 0 bridgehead atoms. The minimum atomic E-state index is -1.93. The molecule has 0 unspecified atom stereocenters. The van der Waals surface area contributed by atoms with Crippen LogP contribution < -0.4 is 16.0 Å². The van der Waals surface area contributed by atoms with E-state index in [-0.39, 0.29) is 21.3 Å². The number of hydrogen-bond donors (Lipinski definition) is 4. The lowest BCUT2D eigenvalue weighted by Crippen LogP contribution is -2.56. The first-order chi connectivity index (χ1) is 13.1. The van der Waals surface area contributed by atoms with E-state index in [4.69, 9.17) is 63.7 Å². The monoisotopic (exact) mass is 479 g/mol. The molecule has 2 aromatic carbocycles. The van der Waals surface area contributed by atoms with Crippen LogP contribution in [0.1, 0.15) is 20.7 Å². The van der Waals surface area contributed by atoms with Crippen LogP contribution in [0.4, 0.5) is 5.69 Å². The molecule has 0 saturated carbocycles. The van der Waals surface area contributed by atoms with Gasteiger partial charge in [0.15, 0.2) is 5.11 Å². The quantitative estimate of drug-likeness (QED) is 0.287. The number of rotatable bonds is 5. The topological polar surface area (TPSA) is 90.5 Å². The smallest absolute Gasteiger partial charge is 0.335 e. The molecule has 1 atom stereocenters. The van der Waals surface area contributed by atoms with Crippen LogP contribution in [0.25, 0.3) is 0 Å². The predicted octanol–water partition coefficient (Wildman–Crippen LogP) is 4.45. The zero-order valence-corrected chi connectivity index (χ0v) is 17.7. The van der Waals surface area contributed by atoms with Crippen molar-refractivity contribution in [3.63, 3.8) is 0 Å². The molecule has 0 fully saturated rings. The van der Waals surface area contributed by atoms with Crippen molar-refractivity contribution in [1.82, 2.24) is 10.6 Å². The molecule has 2 aromatic rings. The van der Waals surface area contributed by atoms with Gasteiger partial charge in [-0.15, -0.1) is 0 Å². The first-order valence-corrected chi connectivity index (χ1v) is 9.53. The zero-order chi connectivity index (χ0) is 20.9. The highest BCUT2D eigenvalue weighted by Crippen LogP contribution is 2.29. The lowest BCUT2D eigenvalue weighted by atomic mass is 10.2. The van der Waals surface area contributed by atoms with Crippen molar-refractivity contribution in [2.24, 2.45) is 0 Å². The summed E-state index contributed by atoms with van der Waals surface area (Å²) in [4.78, 5) is 23.3. The van der Waals surface area contributed by atoms with Gasteiger partial charge in [0.2, 0.25) is 3.79 Å². The van der Waals surface area contributed by atoms with Crippen LogP contribution in [0.15, 0.2) is 48.5 Å². The van der Waals surface area contributed by atoms with Crippen LogP contribution in [0.5, 0.6) is 0 Å². The van der Waals surface area contributed by atoms with Gasteiger partial charge in [-0.1, -0.05) is 58.5 Å². The van der Waals surface area contributed by atoms with E-state index >= 15 is 0 Å². The fourth-order valence-corrected chi connectivity index (χ4v) is 2.83. The number of nitrogens with one attached hydrogen (secondary N) is 3. The molecule has 0 aromatic heterocycles. The molecule has 0 aliphatic rings. The van der Waals surface area contributed by atoms with E-state index in [1.807, 2.05) is 0 Å². The minimum Gasteiger partial charge on any atom is -0.478 e. The maximum atomic E-state index is 12.4. The molecule has 11 heteroatoms. The third-order valence-electron chi connectivity index (χ3n) is 3.39. The molecule has 0 aliphatic carbocycles. The van der Waals surface area contributed by atoms with E-state index in [1.165, 1.54) is 30.3 Å². The Balaban J connectivity index is 2.07. The number of hydrogen-bond acceptors (Lipinski definition) is 3. The highest BCUT2D eigenvalue weighted by Gasteiger charge is 2.35. The van der Waals surface area contributed by atoms with Crippen molar-refractivity contribution in [2.75, 3.05) is 5.32 Å². The van der Waals surface area contributed by atoms with E-state index in [0.717, 1.165) is 0 Å². The Hall–Kier alpha value is -1.77. The normalized spacial score (nSPS) is 12.0. The van der Waals surface area contributed by atoms with Crippen molar-refractivity contribution in [3.05, 3.63) is 64.7 Å². The molecule has 0 radical (unpaired) electrons. The number of benzene rings is 2. The Labute approximate surface area is 186 Å². The van der Waals surface area contributed by atoms with Crippen molar-refractivity contribution >= 4 is 81.3 Å². The van der Waals surface area contributed by atoms with Crippen molar-refractivity contribution in [3.8, 4) is 0 Å². The molecule has 6 nitrogen and oxygen atoms in total. The molecule has 1 amide bonds. The average Bonchev–Trinajstić information content (AvgIpc) is 2.61. The molecular weight excluding hydrogens is 468 g/mol. The largest absolute Gasteiger partial charge is 0.478 e. The van der Waals surface area contributed by atoms with E-state index in [2.05, 4.69) is 16.0 Å². The van der Waals surface area contributed by atoms with Crippen LogP contribution in [-0.2, 0) is 0 Å². The minimum absolute atomic E-state index is 0.0406. The van der Waals surface area contributed by atoms with E-state index in [0.29, 0.717) is 5.69 Å². The lowest BCUT2D eigenvalue weighted by Gasteiger charge is -2.28. The van der Waals surface area contributed by atoms with Crippen LogP contribution in [0.3, 0.4) is 0 Å². The summed E-state index contributed by atoms with van der Waals surface area (Å²) in [5.74, 6) is -1.62. The van der Waals surface area contributed by atoms with Gasteiger partial charge in [0.05, 0.1) is 16.1 Å². The fraction of sp³-hybridized carbons (Fsp3) is 0.118. The third-order valence-corrected chi connectivity index (χ3v) is 4.59. The summed E-state index contributed by atoms with van der Waals surface area (Å²) in [5.41, 5.74) is 0.826. The highest BCUT2D eigenvalue weighted by atomic mass is 35.6. The lowest BCUT2D eigenvalue weighted by molar-refractivity contribution is 0.0696. The van der Waals surface area contributed by atoms with Crippen LogP contribution in [0.2, 0.25) is 5.02 Å². The molecule has 0 saturated heterocycles. The summed E-state index contributed by atoms with van der Waals surface area (Å²) >= 11 is 29.0. The van der Waals surface area contributed by atoms with Gasteiger partial charge in [0, 0.05) is 5.69 Å². The van der Waals surface area contributed by atoms with Crippen LogP contribution in [0, 0.1) is 0 Å². The second-order valence-corrected chi connectivity index (χ2v) is 8.59. The number of carbonyl (C=O) groups excluding carboxylic acids is 1. The summed E-state index contributed by atoms with van der Waals surface area (Å²) in [5, 5.41) is 17.2. The molecule has 4 N–H and O–H groups in total. The Morgan fingerprint density at radius 1 is 1.00 bits per heavy atom. The predicted molar refractivity (Wildman–Crippen MR) is 116 cm³/mol. The Kier molecular flexibility index (Phi) is 7.74. The number of amides is 1. The van der Waals surface area contributed by atoms with Crippen molar-refractivity contribution < 1.29 is 14.7 Å². The van der Waals surface area contributed by atoms with Gasteiger partial charge >= 0.3 is 5.97 Å². The second kappa shape index (κ2) is 9.62. The van der Waals surface area contributed by atoms with Gasteiger partial charge < -0.3 is 21.1 Å². The first-order valence-electron chi connectivity index (χ1n) is 7.61. The standard InChI is InChI=1S/C17H13Cl4N3O3S/c18-12-4-2-1-3-11(12)13(25)23-15(17(19,20)21)24-16(28)22-10-7-5-9(6-8-10)14(26)27/h1-8,15H,(H,23,25)(H,26,27)(H2,22,24,28)/t15-/m0/s1. The molecule has 2 rings (SSSR count). The summed E-state index contributed by atoms with van der Waals surface area (Å²) in [6.07, 6.45) is -1.18. The number of thiocarbonyl (C=S) groups is 1. The Morgan fingerprint density at radius 2 is 1.61 bits per heavy atom. The average molecular weight is 481 g/mol. The van der Waals surface area contributed by atoms with Crippen molar-refractivity contribution in [2.45, 2.75) is 9.96 Å². The van der Waals surface area contributed by atoms with Crippen LogP contribution >= 0.6 is 58.6 Å². The number of carboxylic acid groups (broad SMARTS) is 1. The maximum absolute atomic E-state index is 12.4. The van der Waals surface area contributed by atoms with Gasteiger partial charge in [0.1, 0.15) is 6.17 Å². The highest BCUT2D eigenvalue weighted by molar-refractivity contribution is 7.80. The number of carboxylic acids is 1. The summed E-state index contributed by atoms with van der Waals surface area (Å²) in [7, 11) is 0. The van der Waals surface area contributed by atoms with Crippen molar-refractivity contribution in [1.29, 1.82) is 0 Å². The number of aromatic carboxylic acids is 1. The molecule has 0 spiro atoms. The SMILES string of the molecule is O=C(O)c1ccc(NC(=S)N[C@H](NC(=O)c2ccccc2Cl)C(Cl)(Cl)Cl)cc1. The molecule has 0 heterocycles. The number of carbonyl (C=O) groups is 2. The van der Waals surface area contributed by atoms with Gasteiger partial charge in [0.25, 0.3) is 5.91 Å². The van der Waals surface area contributed by atoms with E-state index in [1.54, 1.807) is 18.2 Å². The molecule has 28 heavy (non-hydrogen) atoms. The van der Waals surface area contributed by atoms with Gasteiger partial charge in [-0.25, -0.2) is 4.79 Å². The van der Waals surface area contributed by atoms with E-state index < -0.39 is 21.8 Å². The van der Waals surface area contributed by atoms with Crippen LogP contribution in [-0.4, -0.2) is 32.1 Å². The molecular formula is C17H13Cl4N3O3S. The van der Waals surface area contributed by atoms with Gasteiger partial charge in [-0.3, -0.25) is 4.79 Å². The number of halogens is 4. The summed E-state index contributed by atoms with van der Waals surface area (Å²) < 4.78 is -1.93. The molecule has 148 valence electrons. The second-order valence-electron chi connectivity index (χ2n) is 5.41. The third kappa shape index (κ3) is 6.39. The number of anilines is 1. The Bertz CT molecular complexity index is 888. The fourth-order valence-electron chi connectivity index (χ4n) is 2.05. The Morgan fingerprint density at radius 3 is 2.14 bits per heavy atom. The van der Waals surface area contributed by atoms with Gasteiger partial charge in [-0.05, 0) is 48.6 Å². The molecule has 0 aliphatic heterocycles. The first kappa shape index (κ1) is 22.5.